The molecule has 2 aliphatic rings. The van der Waals surface area contributed by atoms with Gasteiger partial charge in [0.1, 0.15) is 30.7 Å². The Bertz CT molecular complexity index is 682. The highest BCUT2D eigenvalue weighted by Crippen LogP contribution is 2.24. The van der Waals surface area contributed by atoms with Crippen LogP contribution in [-0.2, 0) is 9.47 Å². The standard InChI is InChI=1S/C15H18N4O6/c16-10-6-17-19(15(23)18-10)13-12(21)11(20)9(25-13)7-24-14(22)8-4-2-1-3-5-8/h1-6,9,11-13,17,20-21H,7,16H2,(H,18,23)/t9-,11+,12-,13+/m0/s1. The molecule has 2 amide bonds. The normalized spacial score (nSPS) is 28.8. The van der Waals surface area contributed by atoms with E-state index in [1.807, 2.05) is 0 Å². The third-order valence-corrected chi connectivity index (χ3v) is 3.81. The third kappa shape index (κ3) is 3.50. The molecule has 3 rings (SSSR count). The smallest absolute Gasteiger partial charge is 0.344 e. The lowest BCUT2D eigenvalue weighted by molar-refractivity contribution is -0.0934. The largest absolute Gasteiger partial charge is 0.459 e. The molecule has 0 aromatic heterocycles. The second-order valence-electron chi connectivity index (χ2n) is 5.54. The molecule has 134 valence electrons. The van der Waals surface area contributed by atoms with Gasteiger partial charge in [0.25, 0.3) is 0 Å². The molecule has 1 aromatic carbocycles. The van der Waals surface area contributed by atoms with Gasteiger partial charge in [0.2, 0.25) is 0 Å². The molecule has 4 atom stereocenters. The van der Waals surface area contributed by atoms with E-state index >= 15 is 0 Å². The van der Waals surface area contributed by atoms with Gasteiger partial charge >= 0.3 is 12.0 Å². The molecule has 0 aliphatic carbocycles. The van der Waals surface area contributed by atoms with Crippen LogP contribution in [0.15, 0.2) is 42.4 Å². The number of ether oxygens (including phenoxy) is 2. The van der Waals surface area contributed by atoms with Crippen LogP contribution < -0.4 is 16.5 Å². The van der Waals surface area contributed by atoms with Crippen molar-refractivity contribution in [2.45, 2.75) is 24.5 Å². The van der Waals surface area contributed by atoms with E-state index in [9.17, 15) is 19.8 Å². The SMILES string of the molecule is NC1=CNN([C@@H]2O[C@@H](COC(=O)c3ccccc3)[C@@H](O)[C@@H]2O)C(=O)N1. The number of hydrogen-bond donors (Lipinski definition) is 5. The lowest BCUT2D eigenvalue weighted by atomic mass is 10.1. The Hall–Kier alpha value is -2.82. The number of benzene rings is 1. The van der Waals surface area contributed by atoms with Crippen LogP contribution >= 0.6 is 0 Å². The molecule has 0 bridgehead atoms. The molecule has 2 heterocycles. The van der Waals surface area contributed by atoms with Gasteiger partial charge in [-0.3, -0.25) is 10.7 Å². The first-order valence-corrected chi connectivity index (χ1v) is 7.53. The van der Waals surface area contributed by atoms with Crippen LogP contribution in [-0.4, -0.2) is 58.4 Å². The van der Waals surface area contributed by atoms with Gasteiger partial charge in [-0.25, -0.2) is 14.6 Å². The van der Waals surface area contributed by atoms with Crippen LogP contribution in [0.1, 0.15) is 10.4 Å². The summed E-state index contributed by atoms with van der Waals surface area (Å²) >= 11 is 0. The predicted octanol–water partition coefficient (Wildman–Crippen LogP) is -1.42. The summed E-state index contributed by atoms with van der Waals surface area (Å²) in [5.74, 6) is -0.485. The summed E-state index contributed by atoms with van der Waals surface area (Å²) in [4.78, 5) is 23.8. The van der Waals surface area contributed by atoms with E-state index in [1.165, 1.54) is 6.20 Å². The first-order chi connectivity index (χ1) is 12.0. The average molecular weight is 350 g/mol. The van der Waals surface area contributed by atoms with Gasteiger partial charge in [-0.05, 0) is 12.1 Å². The Morgan fingerprint density at radius 2 is 2.00 bits per heavy atom. The zero-order chi connectivity index (χ0) is 18.0. The summed E-state index contributed by atoms with van der Waals surface area (Å²) in [6, 6.07) is 7.67. The highest BCUT2D eigenvalue weighted by atomic mass is 16.6. The van der Waals surface area contributed by atoms with Gasteiger partial charge in [-0.1, -0.05) is 18.2 Å². The minimum absolute atomic E-state index is 0.0997. The molecule has 1 fully saturated rings. The number of nitrogens with zero attached hydrogens (tertiary/aromatic N) is 1. The third-order valence-electron chi connectivity index (χ3n) is 3.81. The maximum atomic E-state index is 11.9. The van der Waals surface area contributed by atoms with Crippen molar-refractivity contribution in [2.24, 2.45) is 5.73 Å². The number of hydrogen-bond acceptors (Lipinski definition) is 8. The van der Waals surface area contributed by atoms with E-state index in [4.69, 9.17) is 15.2 Å². The molecule has 10 heteroatoms. The van der Waals surface area contributed by atoms with Crippen LogP contribution in [0, 0.1) is 0 Å². The fourth-order valence-corrected chi connectivity index (χ4v) is 2.50. The fourth-order valence-electron chi connectivity index (χ4n) is 2.50. The maximum absolute atomic E-state index is 11.9. The van der Waals surface area contributed by atoms with Crippen molar-refractivity contribution in [3.8, 4) is 0 Å². The molecule has 25 heavy (non-hydrogen) atoms. The Morgan fingerprint density at radius 1 is 1.28 bits per heavy atom. The van der Waals surface area contributed by atoms with Crippen LogP contribution in [0.4, 0.5) is 4.79 Å². The molecular formula is C15H18N4O6. The lowest BCUT2D eigenvalue weighted by Gasteiger charge is -2.32. The molecule has 0 saturated carbocycles. The summed E-state index contributed by atoms with van der Waals surface area (Å²) in [5.41, 5.74) is 8.35. The number of urea groups is 1. The average Bonchev–Trinajstić information content (AvgIpc) is 2.89. The van der Waals surface area contributed by atoms with Gasteiger partial charge in [0.05, 0.1) is 11.8 Å². The summed E-state index contributed by atoms with van der Waals surface area (Å²) in [5, 5.41) is 23.5. The molecule has 0 unspecified atom stereocenters. The molecular weight excluding hydrogens is 332 g/mol. The van der Waals surface area contributed by atoms with Gasteiger partial charge < -0.3 is 25.4 Å². The van der Waals surface area contributed by atoms with Gasteiger partial charge in [0.15, 0.2) is 6.23 Å². The van der Waals surface area contributed by atoms with Crippen molar-refractivity contribution in [3.63, 3.8) is 0 Å². The fraction of sp³-hybridized carbons (Fsp3) is 0.333. The highest BCUT2D eigenvalue weighted by Gasteiger charge is 2.48. The lowest BCUT2D eigenvalue weighted by Crippen LogP contribution is -2.59. The van der Waals surface area contributed by atoms with Crippen LogP contribution in [0.25, 0.3) is 0 Å². The van der Waals surface area contributed by atoms with Crippen molar-refractivity contribution < 1.29 is 29.3 Å². The topological polar surface area (TPSA) is 146 Å². The number of aliphatic hydroxyl groups is 2. The van der Waals surface area contributed by atoms with E-state index in [-0.39, 0.29) is 12.4 Å². The minimum Gasteiger partial charge on any atom is -0.459 e. The minimum atomic E-state index is -1.40. The zero-order valence-corrected chi connectivity index (χ0v) is 13.0. The van der Waals surface area contributed by atoms with E-state index in [2.05, 4.69) is 10.7 Å². The van der Waals surface area contributed by atoms with Crippen molar-refractivity contribution in [3.05, 3.63) is 47.9 Å². The molecule has 0 radical (unpaired) electrons. The van der Waals surface area contributed by atoms with Crippen molar-refractivity contribution in [1.82, 2.24) is 15.8 Å². The highest BCUT2D eigenvalue weighted by molar-refractivity contribution is 5.89. The number of nitrogens with one attached hydrogen (secondary N) is 2. The summed E-state index contributed by atoms with van der Waals surface area (Å²) in [6.07, 6.45) is -3.62. The number of carbonyl (C=O) groups excluding carboxylic acids is 2. The molecule has 6 N–H and O–H groups in total. The van der Waals surface area contributed by atoms with E-state index in [0.717, 1.165) is 5.01 Å². The Kier molecular flexibility index (Phi) is 4.74. The van der Waals surface area contributed by atoms with Crippen LogP contribution in [0.5, 0.6) is 0 Å². The van der Waals surface area contributed by atoms with Crippen molar-refractivity contribution in [2.75, 3.05) is 6.61 Å². The summed E-state index contributed by atoms with van der Waals surface area (Å²) in [6.45, 7) is -0.282. The maximum Gasteiger partial charge on any atom is 0.344 e. The van der Waals surface area contributed by atoms with Crippen LogP contribution in [0.3, 0.4) is 0 Å². The monoisotopic (exact) mass is 350 g/mol. The van der Waals surface area contributed by atoms with Gasteiger partial charge in [-0.15, -0.1) is 0 Å². The van der Waals surface area contributed by atoms with E-state index < -0.39 is 36.5 Å². The number of nitrogens with two attached hydrogens (primary N) is 1. The number of esters is 1. The quantitative estimate of drug-likeness (QED) is 0.416. The Morgan fingerprint density at radius 3 is 2.68 bits per heavy atom. The first kappa shape index (κ1) is 17.0. The predicted molar refractivity (Wildman–Crippen MR) is 83.2 cm³/mol. The Labute approximate surface area is 142 Å². The van der Waals surface area contributed by atoms with Gasteiger partial charge in [-0.2, -0.15) is 0 Å². The van der Waals surface area contributed by atoms with E-state index in [0.29, 0.717) is 5.56 Å². The van der Waals surface area contributed by atoms with Crippen LogP contribution in [0.2, 0.25) is 0 Å². The summed E-state index contributed by atoms with van der Waals surface area (Å²) < 4.78 is 10.6. The Balaban J connectivity index is 1.60. The molecule has 0 spiro atoms. The zero-order valence-electron chi connectivity index (χ0n) is 13.0. The van der Waals surface area contributed by atoms with Gasteiger partial charge in [0, 0.05) is 0 Å². The van der Waals surface area contributed by atoms with Crippen molar-refractivity contribution in [1.29, 1.82) is 0 Å². The molecule has 1 aromatic rings. The number of amides is 2. The summed E-state index contributed by atoms with van der Waals surface area (Å²) in [7, 11) is 0. The number of rotatable bonds is 4. The molecule has 2 aliphatic heterocycles. The van der Waals surface area contributed by atoms with E-state index in [1.54, 1.807) is 30.3 Å². The number of carbonyl (C=O) groups is 2. The number of aliphatic hydroxyl groups excluding tert-OH is 2. The molecule has 1 saturated heterocycles. The second kappa shape index (κ2) is 6.97. The molecule has 10 nitrogen and oxygen atoms in total. The first-order valence-electron chi connectivity index (χ1n) is 7.53. The second-order valence-corrected chi connectivity index (χ2v) is 5.54. The number of hydrazine groups is 1. The van der Waals surface area contributed by atoms with Crippen molar-refractivity contribution >= 4 is 12.0 Å².